The summed E-state index contributed by atoms with van der Waals surface area (Å²) in [6.45, 7) is 3.74. The van der Waals surface area contributed by atoms with E-state index in [1.807, 2.05) is 38.1 Å². The first-order valence-corrected chi connectivity index (χ1v) is 7.49. The molecule has 24 heavy (non-hydrogen) atoms. The molecule has 3 N–H and O–H groups in total. The van der Waals surface area contributed by atoms with Crippen LogP contribution in [-0.4, -0.2) is 30.9 Å². The fraction of sp³-hybridized carbons (Fsp3) is 0.222. The SMILES string of the molecule is COc1ccc(NCC(=O)N/N=C/c2cc(C)c(O)c(C)c2)cc1. The van der Waals surface area contributed by atoms with Crippen molar-refractivity contribution >= 4 is 17.8 Å². The van der Waals surface area contributed by atoms with Crippen LogP contribution in [0.2, 0.25) is 0 Å². The fourth-order valence-corrected chi connectivity index (χ4v) is 2.17. The van der Waals surface area contributed by atoms with Gasteiger partial charge in [0.25, 0.3) is 5.91 Å². The Hall–Kier alpha value is -3.02. The van der Waals surface area contributed by atoms with E-state index in [-0.39, 0.29) is 18.2 Å². The maximum absolute atomic E-state index is 11.8. The minimum absolute atomic E-state index is 0.108. The van der Waals surface area contributed by atoms with Gasteiger partial charge in [-0.2, -0.15) is 5.10 Å². The molecule has 0 saturated heterocycles. The van der Waals surface area contributed by atoms with Gasteiger partial charge in [0.2, 0.25) is 0 Å². The number of benzene rings is 2. The molecule has 0 aliphatic heterocycles. The normalized spacial score (nSPS) is 10.6. The highest BCUT2D eigenvalue weighted by Crippen LogP contribution is 2.22. The van der Waals surface area contributed by atoms with Crippen molar-refractivity contribution in [3.63, 3.8) is 0 Å². The van der Waals surface area contributed by atoms with E-state index in [2.05, 4.69) is 15.8 Å². The van der Waals surface area contributed by atoms with E-state index in [1.165, 1.54) is 0 Å². The van der Waals surface area contributed by atoms with Gasteiger partial charge in [-0.15, -0.1) is 0 Å². The van der Waals surface area contributed by atoms with Gasteiger partial charge in [0.15, 0.2) is 0 Å². The summed E-state index contributed by atoms with van der Waals surface area (Å²) in [6, 6.07) is 10.9. The molecule has 126 valence electrons. The van der Waals surface area contributed by atoms with Crippen molar-refractivity contribution in [1.29, 1.82) is 0 Å². The third-order valence-electron chi connectivity index (χ3n) is 3.46. The number of phenols is 1. The summed E-state index contributed by atoms with van der Waals surface area (Å²) in [6.07, 6.45) is 1.55. The number of nitrogens with one attached hydrogen (secondary N) is 2. The van der Waals surface area contributed by atoms with Crippen molar-refractivity contribution in [1.82, 2.24) is 5.43 Å². The zero-order chi connectivity index (χ0) is 17.5. The number of anilines is 1. The molecule has 0 spiro atoms. The molecule has 0 aliphatic rings. The Morgan fingerprint density at radius 3 is 2.42 bits per heavy atom. The lowest BCUT2D eigenvalue weighted by molar-refractivity contribution is -0.119. The summed E-state index contributed by atoms with van der Waals surface area (Å²) in [4.78, 5) is 11.8. The molecule has 0 fully saturated rings. The number of aromatic hydroxyl groups is 1. The van der Waals surface area contributed by atoms with E-state index in [0.29, 0.717) is 0 Å². The Balaban J connectivity index is 1.84. The van der Waals surface area contributed by atoms with E-state index in [4.69, 9.17) is 4.74 Å². The number of amides is 1. The topological polar surface area (TPSA) is 83.0 Å². The lowest BCUT2D eigenvalue weighted by Gasteiger charge is -2.06. The van der Waals surface area contributed by atoms with Crippen LogP contribution in [-0.2, 0) is 4.79 Å². The predicted molar refractivity (Wildman–Crippen MR) is 94.8 cm³/mol. The first-order chi connectivity index (χ1) is 11.5. The highest BCUT2D eigenvalue weighted by atomic mass is 16.5. The molecule has 0 saturated carbocycles. The van der Waals surface area contributed by atoms with Crippen LogP contribution >= 0.6 is 0 Å². The van der Waals surface area contributed by atoms with Gasteiger partial charge in [0, 0.05) is 5.69 Å². The zero-order valence-corrected chi connectivity index (χ0v) is 14.0. The summed E-state index contributed by atoms with van der Waals surface area (Å²) in [7, 11) is 1.60. The third kappa shape index (κ3) is 4.74. The van der Waals surface area contributed by atoms with E-state index >= 15 is 0 Å². The quantitative estimate of drug-likeness (QED) is 0.562. The van der Waals surface area contributed by atoms with E-state index in [1.54, 1.807) is 25.5 Å². The van der Waals surface area contributed by atoms with Gasteiger partial charge in [-0.25, -0.2) is 5.43 Å². The van der Waals surface area contributed by atoms with Crippen LogP contribution in [0.4, 0.5) is 5.69 Å². The Kier molecular flexibility index (Phi) is 5.78. The third-order valence-corrected chi connectivity index (χ3v) is 3.46. The number of carbonyl (C=O) groups is 1. The summed E-state index contributed by atoms with van der Waals surface area (Å²) < 4.78 is 5.07. The Morgan fingerprint density at radius 2 is 1.83 bits per heavy atom. The van der Waals surface area contributed by atoms with Crippen LogP contribution < -0.4 is 15.5 Å². The van der Waals surface area contributed by atoms with Crippen molar-refractivity contribution in [3.8, 4) is 11.5 Å². The van der Waals surface area contributed by atoms with Crippen LogP contribution in [0.3, 0.4) is 0 Å². The first-order valence-electron chi connectivity index (χ1n) is 7.49. The Morgan fingerprint density at radius 1 is 1.21 bits per heavy atom. The Labute approximate surface area is 141 Å². The largest absolute Gasteiger partial charge is 0.507 e. The number of aryl methyl sites for hydroxylation is 2. The highest BCUT2D eigenvalue weighted by molar-refractivity contribution is 5.84. The summed E-state index contributed by atoms with van der Waals surface area (Å²) >= 11 is 0. The second-order valence-electron chi connectivity index (χ2n) is 5.38. The number of hydrogen-bond acceptors (Lipinski definition) is 5. The molecule has 0 atom stereocenters. The van der Waals surface area contributed by atoms with Crippen LogP contribution in [0.25, 0.3) is 0 Å². The maximum atomic E-state index is 11.8. The first kappa shape index (κ1) is 17.3. The standard InChI is InChI=1S/C18H21N3O3/c1-12-8-14(9-13(2)18(12)23)10-20-21-17(22)11-19-15-4-6-16(24-3)7-5-15/h4-10,19,23H,11H2,1-3H3,(H,21,22)/b20-10+. The van der Waals surface area contributed by atoms with E-state index < -0.39 is 0 Å². The molecule has 0 unspecified atom stereocenters. The molecule has 2 rings (SSSR count). The number of rotatable bonds is 6. The van der Waals surface area contributed by atoms with Crippen molar-refractivity contribution in [2.24, 2.45) is 5.10 Å². The second kappa shape index (κ2) is 8.01. The molecule has 0 bridgehead atoms. The van der Waals surface area contributed by atoms with E-state index in [9.17, 15) is 9.90 Å². The van der Waals surface area contributed by atoms with Gasteiger partial charge in [0.05, 0.1) is 19.9 Å². The minimum atomic E-state index is -0.255. The molecule has 2 aromatic carbocycles. The van der Waals surface area contributed by atoms with Gasteiger partial charge < -0.3 is 15.2 Å². The minimum Gasteiger partial charge on any atom is -0.507 e. The number of hydrazone groups is 1. The van der Waals surface area contributed by atoms with Crippen LogP contribution in [0.5, 0.6) is 11.5 Å². The number of ether oxygens (including phenoxy) is 1. The van der Waals surface area contributed by atoms with Gasteiger partial charge in [0.1, 0.15) is 11.5 Å². The van der Waals surface area contributed by atoms with Gasteiger partial charge in [-0.1, -0.05) is 0 Å². The lowest BCUT2D eigenvalue weighted by Crippen LogP contribution is -2.25. The molecular weight excluding hydrogens is 306 g/mol. The smallest absolute Gasteiger partial charge is 0.259 e. The number of phenolic OH excluding ortho intramolecular Hbond substituents is 1. The van der Waals surface area contributed by atoms with Crippen LogP contribution in [0, 0.1) is 13.8 Å². The molecule has 0 aromatic heterocycles. The number of hydrogen-bond donors (Lipinski definition) is 3. The molecule has 0 heterocycles. The average Bonchev–Trinajstić information content (AvgIpc) is 2.58. The predicted octanol–water partition coefficient (Wildman–Crippen LogP) is 2.58. The number of methoxy groups -OCH3 is 1. The molecule has 6 heteroatoms. The summed E-state index contributed by atoms with van der Waals surface area (Å²) in [5, 5.41) is 16.6. The van der Waals surface area contributed by atoms with Crippen molar-refractivity contribution < 1.29 is 14.6 Å². The van der Waals surface area contributed by atoms with Crippen molar-refractivity contribution in [3.05, 3.63) is 53.1 Å². The molecule has 0 aliphatic carbocycles. The Bertz CT molecular complexity index is 717. The average molecular weight is 327 g/mol. The van der Waals surface area contributed by atoms with Gasteiger partial charge in [-0.05, 0) is 66.9 Å². The molecular formula is C18H21N3O3. The number of nitrogens with zero attached hydrogens (tertiary/aromatic N) is 1. The molecule has 2 aromatic rings. The van der Waals surface area contributed by atoms with Gasteiger partial charge >= 0.3 is 0 Å². The monoisotopic (exact) mass is 327 g/mol. The summed E-state index contributed by atoms with van der Waals surface area (Å²) in [5.74, 6) is 0.781. The summed E-state index contributed by atoms with van der Waals surface area (Å²) in [5.41, 5.74) is 5.62. The lowest BCUT2D eigenvalue weighted by atomic mass is 10.1. The van der Waals surface area contributed by atoms with Crippen LogP contribution in [0.15, 0.2) is 41.5 Å². The fourth-order valence-electron chi connectivity index (χ4n) is 2.17. The van der Waals surface area contributed by atoms with E-state index in [0.717, 1.165) is 28.1 Å². The van der Waals surface area contributed by atoms with Gasteiger partial charge in [-0.3, -0.25) is 4.79 Å². The maximum Gasteiger partial charge on any atom is 0.259 e. The van der Waals surface area contributed by atoms with Crippen molar-refractivity contribution in [2.75, 3.05) is 19.0 Å². The second-order valence-corrected chi connectivity index (χ2v) is 5.38. The molecule has 6 nitrogen and oxygen atoms in total. The number of carbonyl (C=O) groups excluding carboxylic acids is 1. The van der Waals surface area contributed by atoms with Crippen molar-refractivity contribution in [2.45, 2.75) is 13.8 Å². The molecule has 0 radical (unpaired) electrons. The molecule has 1 amide bonds. The van der Waals surface area contributed by atoms with Crippen LogP contribution in [0.1, 0.15) is 16.7 Å². The zero-order valence-electron chi connectivity index (χ0n) is 14.0. The highest BCUT2D eigenvalue weighted by Gasteiger charge is 2.03.